The van der Waals surface area contributed by atoms with Crippen LogP contribution in [-0.4, -0.2) is 35.8 Å². The Morgan fingerprint density at radius 1 is 1.30 bits per heavy atom. The van der Waals surface area contributed by atoms with Crippen LogP contribution in [-0.2, 0) is 4.74 Å². The Kier molecular flexibility index (Phi) is 4.81. The molecule has 0 unspecified atom stereocenters. The molecule has 2 rings (SSSR count). The zero-order valence-corrected chi connectivity index (χ0v) is 13.0. The molecule has 1 saturated carbocycles. The molecule has 0 spiro atoms. The summed E-state index contributed by atoms with van der Waals surface area (Å²) >= 11 is 0. The van der Waals surface area contributed by atoms with Gasteiger partial charge in [0.25, 0.3) is 0 Å². The standard InChI is InChI=1S/C15H26N4O/c1-5-8-16-12-9-13(19-15(2,3)10-20-4)18-14(17-12)11-6-7-11/h9,11H,5-8,10H2,1-4H3,(H2,16,17,18,19). The monoisotopic (exact) mass is 278 g/mol. The summed E-state index contributed by atoms with van der Waals surface area (Å²) in [6.45, 7) is 7.93. The zero-order chi connectivity index (χ0) is 14.6. The minimum atomic E-state index is -0.147. The maximum absolute atomic E-state index is 5.24. The average molecular weight is 278 g/mol. The lowest BCUT2D eigenvalue weighted by molar-refractivity contribution is 0.158. The molecule has 1 aliphatic rings. The van der Waals surface area contributed by atoms with Crippen LogP contribution >= 0.6 is 0 Å². The molecular formula is C15H26N4O. The van der Waals surface area contributed by atoms with Gasteiger partial charge in [0, 0.05) is 25.6 Å². The summed E-state index contributed by atoms with van der Waals surface area (Å²) in [5, 5.41) is 6.80. The van der Waals surface area contributed by atoms with Gasteiger partial charge in [0.05, 0.1) is 12.1 Å². The fourth-order valence-corrected chi connectivity index (χ4v) is 2.14. The number of hydrogen-bond donors (Lipinski definition) is 2. The van der Waals surface area contributed by atoms with E-state index >= 15 is 0 Å². The van der Waals surface area contributed by atoms with Gasteiger partial charge in [0.15, 0.2) is 0 Å². The molecule has 1 heterocycles. The number of rotatable bonds is 8. The first kappa shape index (κ1) is 15.0. The molecule has 1 fully saturated rings. The van der Waals surface area contributed by atoms with E-state index in [1.54, 1.807) is 7.11 Å². The van der Waals surface area contributed by atoms with Gasteiger partial charge in [-0.1, -0.05) is 6.92 Å². The number of nitrogens with zero attached hydrogens (tertiary/aromatic N) is 2. The number of ether oxygens (including phenoxy) is 1. The number of anilines is 2. The molecule has 0 amide bonds. The first-order valence-corrected chi connectivity index (χ1v) is 7.44. The smallest absolute Gasteiger partial charge is 0.136 e. The molecule has 0 atom stereocenters. The first-order valence-electron chi connectivity index (χ1n) is 7.44. The second kappa shape index (κ2) is 6.39. The lowest BCUT2D eigenvalue weighted by Gasteiger charge is -2.26. The van der Waals surface area contributed by atoms with Crippen LogP contribution in [0.5, 0.6) is 0 Å². The van der Waals surface area contributed by atoms with E-state index in [0.717, 1.165) is 30.4 Å². The van der Waals surface area contributed by atoms with Crippen LogP contribution in [0.3, 0.4) is 0 Å². The molecule has 0 bridgehead atoms. The van der Waals surface area contributed by atoms with Crippen molar-refractivity contribution in [3.63, 3.8) is 0 Å². The van der Waals surface area contributed by atoms with Gasteiger partial charge in [-0.25, -0.2) is 9.97 Å². The molecule has 112 valence electrons. The second-order valence-electron chi connectivity index (χ2n) is 6.14. The Hall–Kier alpha value is -1.36. The lowest BCUT2D eigenvalue weighted by atomic mass is 10.1. The molecule has 1 aliphatic carbocycles. The summed E-state index contributed by atoms with van der Waals surface area (Å²) in [5.41, 5.74) is -0.147. The van der Waals surface area contributed by atoms with E-state index in [0.29, 0.717) is 12.5 Å². The summed E-state index contributed by atoms with van der Waals surface area (Å²) in [7, 11) is 1.72. The van der Waals surface area contributed by atoms with E-state index in [9.17, 15) is 0 Å². The molecule has 5 nitrogen and oxygen atoms in total. The van der Waals surface area contributed by atoms with E-state index < -0.39 is 0 Å². The van der Waals surface area contributed by atoms with Gasteiger partial charge >= 0.3 is 0 Å². The molecule has 1 aromatic heterocycles. The van der Waals surface area contributed by atoms with Crippen LogP contribution in [0.2, 0.25) is 0 Å². The highest BCUT2D eigenvalue weighted by Crippen LogP contribution is 2.39. The maximum Gasteiger partial charge on any atom is 0.136 e. The van der Waals surface area contributed by atoms with Crippen molar-refractivity contribution in [2.24, 2.45) is 0 Å². The minimum absolute atomic E-state index is 0.147. The van der Waals surface area contributed by atoms with Crippen molar-refractivity contribution in [3.05, 3.63) is 11.9 Å². The number of aromatic nitrogens is 2. The van der Waals surface area contributed by atoms with Crippen molar-refractivity contribution in [2.45, 2.75) is 51.5 Å². The lowest BCUT2D eigenvalue weighted by Crippen LogP contribution is -2.36. The van der Waals surface area contributed by atoms with E-state index in [1.807, 2.05) is 6.07 Å². The van der Waals surface area contributed by atoms with Crippen LogP contribution < -0.4 is 10.6 Å². The fraction of sp³-hybridized carbons (Fsp3) is 0.733. The number of methoxy groups -OCH3 is 1. The van der Waals surface area contributed by atoms with Gasteiger partial charge in [0.1, 0.15) is 17.5 Å². The quantitative estimate of drug-likeness (QED) is 0.765. The SMILES string of the molecule is CCCNc1cc(NC(C)(C)COC)nc(C2CC2)n1. The highest BCUT2D eigenvalue weighted by Gasteiger charge is 2.28. The summed E-state index contributed by atoms with van der Waals surface area (Å²) in [5.74, 6) is 3.30. The predicted molar refractivity (Wildman–Crippen MR) is 82.4 cm³/mol. The van der Waals surface area contributed by atoms with E-state index in [2.05, 4.69) is 41.4 Å². The van der Waals surface area contributed by atoms with Crippen molar-refractivity contribution in [2.75, 3.05) is 30.9 Å². The molecule has 0 aliphatic heterocycles. The largest absolute Gasteiger partial charge is 0.382 e. The molecule has 5 heteroatoms. The average Bonchev–Trinajstić information content (AvgIpc) is 3.19. The summed E-state index contributed by atoms with van der Waals surface area (Å²) in [6, 6.07) is 1.99. The van der Waals surface area contributed by atoms with Gasteiger partial charge in [-0.3, -0.25) is 0 Å². The summed E-state index contributed by atoms with van der Waals surface area (Å²) < 4.78 is 5.24. The van der Waals surface area contributed by atoms with Crippen molar-refractivity contribution in [1.82, 2.24) is 9.97 Å². The van der Waals surface area contributed by atoms with Gasteiger partial charge in [-0.15, -0.1) is 0 Å². The normalized spacial score (nSPS) is 15.2. The van der Waals surface area contributed by atoms with Crippen LogP contribution in [0.4, 0.5) is 11.6 Å². The Labute approximate surface area is 121 Å². The maximum atomic E-state index is 5.24. The predicted octanol–water partition coefficient (Wildman–Crippen LogP) is 3.01. The summed E-state index contributed by atoms with van der Waals surface area (Å²) in [6.07, 6.45) is 3.50. The van der Waals surface area contributed by atoms with E-state index in [1.165, 1.54) is 12.8 Å². The van der Waals surface area contributed by atoms with Crippen LogP contribution in [0.15, 0.2) is 6.07 Å². The van der Waals surface area contributed by atoms with Crippen LogP contribution in [0.1, 0.15) is 51.8 Å². The van der Waals surface area contributed by atoms with Gasteiger partial charge in [-0.05, 0) is 33.1 Å². The Balaban J connectivity index is 2.15. The second-order valence-corrected chi connectivity index (χ2v) is 6.14. The van der Waals surface area contributed by atoms with Gasteiger partial charge in [-0.2, -0.15) is 0 Å². The molecule has 0 saturated heterocycles. The Morgan fingerprint density at radius 2 is 2.00 bits per heavy atom. The molecular weight excluding hydrogens is 252 g/mol. The highest BCUT2D eigenvalue weighted by atomic mass is 16.5. The Morgan fingerprint density at radius 3 is 2.60 bits per heavy atom. The summed E-state index contributed by atoms with van der Waals surface area (Å²) in [4.78, 5) is 9.27. The van der Waals surface area contributed by atoms with E-state index in [4.69, 9.17) is 4.74 Å². The first-order chi connectivity index (χ1) is 9.54. The number of hydrogen-bond acceptors (Lipinski definition) is 5. The van der Waals surface area contributed by atoms with E-state index in [-0.39, 0.29) is 5.54 Å². The molecule has 20 heavy (non-hydrogen) atoms. The number of nitrogens with one attached hydrogen (secondary N) is 2. The van der Waals surface area contributed by atoms with Crippen LogP contribution in [0.25, 0.3) is 0 Å². The molecule has 0 aromatic carbocycles. The minimum Gasteiger partial charge on any atom is -0.382 e. The van der Waals surface area contributed by atoms with Crippen molar-refractivity contribution < 1.29 is 4.74 Å². The van der Waals surface area contributed by atoms with Crippen molar-refractivity contribution in [3.8, 4) is 0 Å². The van der Waals surface area contributed by atoms with Crippen molar-refractivity contribution in [1.29, 1.82) is 0 Å². The Bertz CT molecular complexity index is 443. The third-order valence-electron chi connectivity index (χ3n) is 3.21. The highest BCUT2D eigenvalue weighted by molar-refractivity contribution is 5.49. The zero-order valence-electron chi connectivity index (χ0n) is 13.0. The topological polar surface area (TPSA) is 59.1 Å². The molecule has 1 aromatic rings. The molecule has 0 radical (unpaired) electrons. The third-order valence-corrected chi connectivity index (χ3v) is 3.21. The third kappa shape index (κ3) is 4.34. The van der Waals surface area contributed by atoms with Crippen LogP contribution in [0, 0.1) is 0 Å². The fourth-order valence-electron chi connectivity index (χ4n) is 2.14. The van der Waals surface area contributed by atoms with Gasteiger partial charge < -0.3 is 15.4 Å². The van der Waals surface area contributed by atoms with Crippen molar-refractivity contribution >= 4 is 11.6 Å². The van der Waals surface area contributed by atoms with Gasteiger partial charge in [0.2, 0.25) is 0 Å². The molecule has 2 N–H and O–H groups in total.